The zero-order valence-corrected chi connectivity index (χ0v) is 9.82. The molecule has 0 bridgehead atoms. The number of carbonyl (C=O) groups excluding carboxylic acids is 2. The number of nitrogens with zero attached hydrogens (tertiary/aromatic N) is 1. The molecule has 0 aromatic carbocycles. The van der Waals surface area contributed by atoms with E-state index >= 15 is 0 Å². The predicted octanol–water partition coefficient (Wildman–Crippen LogP) is 2.10. The van der Waals surface area contributed by atoms with Crippen molar-refractivity contribution in [3.8, 4) is 0 Å². The van der Waals surface area contributed by atoms with Gasteiger partial charge < -0.3 is 4.79 Å². The van der Waals surface area contributed by atoms with Gasteiger partial charge >= 0.3 is 0 Å². The maximum atomic E-state index is 11.2. The third-order valence-corrected chi connectivity index (χ3v) is 2.38. The predicted molar refractivity (Wildman–Crippen MR) is 61.0 cm³/mol. The number of thioether (sulfide) groups is 1. The Kier molecular flexibility index (Phi) is 7.38. The fourth-order valence-corrected chi connectivity index (χ4v) is 1.44. The highest BCUT2D eigenvalue weighted by atomic mass is 32.2. The van der Waals surface area contributed by atoms with Gasteiger partial charge in [-0.05, 0) is 20.8 Å². The first-order chi connectivity index (χ1) is 6.52. The van der Waals surface area contributed by atoms with E-state index in [0.717, 1.165) is 5.71 Å². The number of aliphatic imine (C=N–C) groups is 1. The summed E-state index contributed by atoms with van der Waals surface area (Å²) in [4.78, 5) is 25.9. The lowest BCUT2D eigenvalue weighted by Crippen LogP contribution is -1.99. The Morgan fingerprint density at radius 3 is 2.29 bits per heavy atom. The summed E-state index contributed by atoms with van der Waals surface area (Å²) in [5.41, 5.74) is 1.03. The van der Waals surface area contributed by atoms with E-state index in [0.29, 0.717) is 25.1 Å². The molecule has 0 aliphatic rings. The average molecular weight is 215 g/mol. The monoisotopic (exact) mass is 215 g/mol. The number of carbonyl (C=O) groups is 2. The van der Waals surface area contributed by atoms with Gasteiger partial charge in [0, 0.05) is 30.9 Å². The molecular formula is C10H17NO2S. The molecule has 0 aromatic heterocycles. The standard InChI is InChI=1S/C10H17NO2S/c1-8(2)11-6-7-14-10(13)5-4-9(3)12/h4-7H2,1-3H3. The van der Waals surface area contributed by atoms with Crippen LogP contribution in [0, 0.1) is 0 Å². The molecule has 0 rings (SSSR count). The van der Waals surface area contributed by atoms with Crippen LogP contribution in [0.2, 0.25) is 0 Å². The van der Waals surface area contributed by atoms with Crippen molar-refractivity contribution in [1.82, 2.24) is 0 Å². The molecule has 0 saturated carbocycles. The largest absolute Gasteiger partial charge is 0.300 e. The summed E-state index contributed by atoms with van der Waals surface area (Å²) in [5, 5.41) is 0.0872. The van der Waals surface area contributed by atoms with Crippen LogP contribution in [0.25, 0.3) is 0 Å². The Morgan fingerprint density at radius 1 is 1.14 bits per heavy atom. The van der Waals surface area contributed by atoms with Gasteiger partial charge in [-0.15, -0.1) is 0 Å². The van der Waals surface area contributed by atoms with Gasteiger partial charge in [0.15, 0.2) is 5.12 Å². The summed E-state index contributed by atoms with van der Waals surface area (Å²) in [6.07, 6.45) is 0.719. The van der Waals surface area contributed by atoms with E-state index in [1.165, 1.54) is 18.7 Å². The zero-order valence-electron chi connectivity index (χ0n) is 9.00. The second kappa shape index (κ2) is 7.74. The molecule has 0 atom stereocenters. The van der Waals surface area contributed by atoms with Crippen LogP contribution in [-0.2, 0) is 9.59 Å². The SMILES string of the molecule is CC(=O)CCC(=O)SCCN=C(C)C. The molecule has 0 radical (unpaired) electrons. The van der Waals surface area contributed by atoms with Crippen LogP contribution in [0.15, 0.2) is 4.99 Å². The maximum Gasteiger partial charge on any atom is 0.189 e. The van der Waals surface area contributed by atoms with Crippen molar-refractivity contribution >= 4 is 28.4 Å². The van der Waals surface area contributed by atoms with E-state index in [1.807, 2.05) is 13.8 Å². The normalized spacial score (nSPS) is 9.64. The molecule has 0 saturated heterocycles. The molecule has 0 aliphatic heterocycles. The second-order valence-electron chi connectivity index (χ2n) is 3.25. The quantitative estimate of drug-likeness (QED) is 0.503. The Balaban J connectivity index is 3.45. The smallest absolute Gasteiger partial charge is 0.189 e. The lowest BCUT2D eigenvalue weighted by atomic mass is 10.2. The number of hydrogen-bond acceptors (Lipinski definition) is 4. The first kappa shape index (κ1) is 13.4. The topological polar surface area (TPSA) is 46.5 Å². The van der Waals surface area contributed by atoms with E-state index in [-0.39, 0.29) is 10.9 Å². The van der Waals surface area contributed by atoms with Gasteiger partial charge in [0.05, 0.1) is 0 Å². The molecule has 0 unspecified atom stereocenters. The Hall–Kier alpha value is -0.640. The van der Waals surface area contributed by atoms with Gasteiger partial charge in [0.2, 0.25) is 0 Å². The summed E-state index contributed by atoms with van der Waals surface area (Å²) in [6, 6.07) is 0. The minimum atomic E-state index is 0.0707. The van der Waals surface area contributed by atoms with E-state index in [9.17, 15) is 9.59 Å². The molecule has 3 nitrogen and oxygen atoms in total. The van der Waals surface area contributed by atoms with Crippen LogP contribution in [0.3, 0.4) is 0 Å². The number of Topliss-reactive ketones (excluding diaryl/α,β-unsaturated/α-hetero) is 1. The number of hydrogen-bond donors (Lipinski definition) is 0. The molecule has 80 valence electrons. The van der Waals surface area contributed by atoms with Crippen LogP contribution in [0.4, 0.5) is 0 Å². The fraction of sp³-hybridized carbons (Fsp3) is 0.700. The Morgan fingerprint density at radius 2 is 1.79 bits per heavy atom. The molecule has 0 spiro atoms. The van der Waals surface area contributed by atoms with Crippen molar-refractivity contribution in [3.05, 3.63) is 0 Å². The maximum absolute atomic E-state index is 11.2. The first-order valence-corrected chi connectivity index (χ1v) is 5.63. The van der Waals surface area contributed by atoms with Crippen molar-refractivity contribution in [2.45, 2.75) is 33.6 Å². The van der Waals surface area contributed by atoms with Crippen LogP contribution in [0.1, 0.15) is 33.6 Å². The van der Waals surface area contributed by atoms with Crippen molar-refractivity contribution in [3.63, 3.8) is 0 Å². The summed E-state index contributed by atoms with van der Waals surface area (Å²) in [5.74, 6) is 0.781. The van der Waals surface area contributed by atoms with Crippen molar-refractivity contribution in [1.29, 1.82) is 0 Å². The van der Waals surface area contributed by atoms with Gasteiger partial charge in [-0.25, -0.2) is 0 Å². The van der Waals surface area contributed by atoms with Crippen molar-refractivity contribution in [2.24, 2.45) is 4.99 Å². The van der Waals surface area contributed by atoms with Crippen molar-refractivity contribution in [2.75, 3.05) is 12.3 Å². The summed E-state index contributed by atoms with van der Waals surface area (Å²) in [6.45, 7) is 6.05. The lowest BCUT2D eigenvalue weighted by Gasteiger charge is -1.97. The molecule has 0 aromatic rings. The van der Waals surface area contributed by atoms with E-state index in [4.69, 9.17) is 0 Å². The highest BCUT2D eigenvalue weighted by molar-refractivity contribution is 8.13. The van der Waals surface area contributed by atoms with Gasteiger partial charge in [-0.1, -0.05) is 11.8 Å². The van der Waals surface area contributed by atoms with Gasteiger partial charge in [0.25, 0.3) is 0 Å². The van der Waals surface area contributed by atoms with Gasteiger partial charge in [-0.2, -0.15) is 0 Å². The average Bonchev–Trinajstić information content (AvgIpc) is 2.08. The van der Waals surface area contributed by atoms with E-state index in [1.54, 1.807) is 0 Å². The molecule has 4 heteroatoms. The molecule has 0 amide bonds. The molecule has 0 aliphatic carbocycles. The van der Waals surface area contributed by atoms with Gasteiger partial charge in [0.1, 0.15) is 5.78 Å². The number of ketones is 1. The molecule has 14 heavy (non-hydrogen) atoms. The zero-order chi connectivity index (χ0) is 11.0. The third-order valence-electron chi connectivity index (χ3n) is 1.46. The van der Waals surface area contributed by atoms with Crippen LogP contribution >= 0.6 is 11.8 Å². The first-order valence-electron chi connectivity index (χ1n) is 4.65. The molecular weight excluding hydrogens is 198 g/mol. The Labute approximate surface area is 89.4 Å². The van der Waals surface area contributed by atoms with E-state index in [2.05, 4.69) is 4.99 Å². The molecule has 0 fully saturated rings. The summed E-state index contributed by atoms with van der Waals surface area (Å²) >= 11 is 1.26. The van der Waals surface area contributed by atoms with Crippen LogP contribution < -0.4 is 0 Å². The fourth-order valence-electron chi connectivity index (χ4n) is 0.779. The highest BCUT2D eigenvalue weighted by Gasteiger charge is 2.03. The lowest BCUT2D eigenvalue weighted by molar-refractivity contribution is -0.119. The summed E-state index contributed by atoms with van der Waals surface area (Å²) in [7, 11) is 0. The minimum Gasteiger partial charge on any atom is -0.300 e. The highest BCUT2D eigenvalue weighted by Crippen LogP contribution is 2.07. The molecule has 0 N–H and O–H groups in total. The molecule has 0 heterocycles. The number of rotatable bonds is 6. The second-order valence-corrected chi connectivity index (χ2v) is 4.40. The summed E-state index contributed by atoms with van der Waals surface area (Å²) < 4.78 is 0. The van der Waals surface area contributed by atoms with Crippen LogP contribution in [0.5, 0.6) is 0 Å². The van der Waals surface area contributed by atoms with E-state index < -0.39 is 0 Å². The van der Waals surface area contributed by atoms with Gasteiger partial charge in [-0.3, -0.25) is 9.79 Å². The minimum absolute atomic E-state index is 0.0707. The third kappa shape index (κ3) is 9.45. The van der Waals surface area contributed by atoms with Crippen LogP contribution in [-0.4, -0.2) is 28.9 Å². The van der Waals surface area contributed by atoms with Crippen molar-refractivity contribution < 1.29 is 9.59 Å². The Bertz CT molecular complexity index is 232.